The van der Waals surface area contributed by atoms with Crippen molar-refractivity contribution in [1.82, 2.24) is 20.9 Å². The van der Waals surface area contributed by atoms with Crippen LogP contribution in [0.4, 0.5) is 11.5 Å². The van der Waals surface area contributed by atoms with E-state index in [9.17, 15) is 14.4 Å². The first-order valence-corrected chi connectivity index (χ1v) is 15.9. The third-order valence-corrected chi connectivity index (χ3v) is 9.89. The number of nitrogens with two attached hydrogens (primary N) is 1. The number of nitrogens with one attached hydrogen (secondary N) is 4. The van der Waals surface area contributed by atoms with E-state index < -0.39 is 5.91 Å². The first kappa shape index (κ1) is 30.8. The molecule has 3 fully saturated rings. The smallest absolute Gasteiger partial charge is 0.253 e. The van der Waals surface area contributed by atoms with Gasteiger partial charge >= 0.3 is 0 Å². The summed E-state index contributed by atoms with van der Waals surface area (Å²) in [4.78, 5) is 45.5. The molecule has 3 saturated heterocycles. The van der Waals surface area contributed by atoms with E-state index >= 15 is 0 Å². The lowest BCUT2D eigenvalue weighted by molar-refractivity contribution is 0.0876. The van der Waals surface area contributed by atoms with Crippen LogP contribution >= 0.6 is 0 Å². The normalized spacial score (nSPS) is 24.8. The number of aromatic nitrogens is 1. The first-order valence-electron chi connectivity index (χ1n) is 15.9. The highest BCUT2D eigenvalue weighted by atomic mass is 16.2. The molecular weight excluding hydrogens is 542 g/mol. The number of nitrogens with zero attached hydrogens (tertiary/aromatic N) is 2. The van der Waals surface area contributed by atoms with Gasteiger partial charge in [0, 0.05) is 48.2 Å². The highest BCUT2D eigenvalue weighted by molar-refractivity contribution is 6.02. The third-order valence-electron chi connectivity index (χ3n) is 9.89. The van der Waals surface area contributed by atoms with Gasteiger partial charge in [0.1, 0.15) is 5.82 Å². The maximum Gasteiger partial charge on any atom is 0.253 e. The molecule has 2 aromatic rings. The molecule has 5 rings (SSSR count). The Labute approximate surface area is 255 Å². The summed E-state index contributed by atoms with van der Waals surface area (Å²) >= 11 is 0. The molecule has 10 nitrogen and oxygen atoms in total. The number of amides is 3. The van der Waals surface area contributed by atoms with E-state index in [0.717, 1.165) is 63.9 Å². The predicted octanol–water partition coefficient (Wildman–Crippen LogP) is 3.83. The Morgan fingerprint density at radius 2 is 1.74 bits per heavy atom. The van der Waals surface area contributed by atoms with Crippen LogP contribution in [0.15, 0.2) is 36.5 Å². The van der Waals surface area contributed by atoms with E-state index in [-0.39, 0.29) is 41.5 Å². The van der Waals surface area contributed by atoms with Crippen LogP contribution in [0.2, 0.25) is 0 Å². The van der Waals surface area contributed by atoms with Gasteiger partial charge in [-0.2, -0.15) is 0 Å². The molecule has 43 heavy (non-hydrogen) atoms. The highest BCUT2D eigenvalue weighted by Gasteiger charge is 2.42. The third kappa shape index (κ3) is 6.49. The van der Waals surface area contributed by atoms with Gasteiger partial charge in [-0.05, 0) is 87.7 Å². The van der Waals surface area contributed by atoms with Gasteiger partial charge in [-0.1, -0.05) is 27.7 Å². The summed E-state index contributed by atoms with van der Waals surface area (Å²) in [6, 6.07) is 9.67. The summed E-state index contributed by atoms with van der Waals surface area (Å²) in [6.45, 7) is 10.2. The molecule has 1 aromatic carbocycles. The van der Waals surface area contributed by atoms with Gasteiger partial charge in [0.2, 0.25) is 0 Å². The quantitative estimate of drug-likeness (QED) is 0.268. The molecule has 0 radical (unpaired) electrons. The Kier molecular flexibility index (Phi) is 9.25. The second kappa shape index (κ2) is 12.9. The second-order valence-corrected chi connectivity index (χ2v) is 12.8. The van der Waals surface area contributed by atoms with Crippen molar-refractivity contribution in [2.45, 2.75) is 102 Å². The number of carbonyl (C=O) groups excluding carboxylic acids is 3. The lowest BCUT2D eigenvalue weighted by atomic mass is 9.85. The van der Waals surface area contributed by atoms with Gasteiger partial charge < -0.3 is 31.9 Å². The minimum Gasteiger partial charge on any atom is -0.382 e. The number of hydrogen-bond acceptors (Lipinski definition) is 7. The van der Waals surface area contributed by atoms with Crippen LogP contribution in [0, 0.1) is 5.92 Å². The van der Waals surface area contributed by atoms with Crippen LogP contribution < -0.4 is 31.9 Å². The number of primary amides is 1. The number of carbonyl (C=O) groups is 3. The van der Waals surface area contributed by atoms with Gasteiger partial charge in [0.15, 0.2) is 0 Å². The van der Waals surface area contributed by atoms with Gasteiger partial charge in [0.25, 0.3) is 17.7 Å². The molecule has 3 atom stereocenters. The number of fused-ring (bicyclic) bond motifs is 2. The summed E-state index contributed by atoms with van der Waals surface area (Å²) in [7, 11) is 0. The van der Waals surface area contributed by atoms with Crippen LogP contribution in [-0.4, -0.2) is 65.5 Å². The van der Waals surface area contributed by atoms with Gasteiger partial charge in [-0.15, -0.1) is 0 Å². The van der Waals surface area contributed by atoms with Crippen LogP contribution in [-0.2, 0) is 0 Å². The predicted molar refractivity (Wildman–Crippen MR) is 169 cm³/mol. The topological polar surface area (TPSA) is 141 Å². The number of rotatable bonds is 11. The summed E-state index contributed by atoms with van der Waals surface area (Å²) in [5.41, 5.74) is 7.46. The largest absolute Gasteiger partial charge is 0.382 e. The molecule has 1 aromatic heterocycles. The fourth-order valence-corrected chi connectivity index (χ4v) is 7.10. The van der Waals surface area contributed by atoms with E-state index in [1.165, 1.54) is 0 Å². The van der Waals surface area contributed by atoms with Crippen molar-refractivity contribution in [2.75, 3.05) is 23.3 Å². The maximum absolute atomic E-state index is 13.3. The molecule has 10 heteroatoms. The molecule has 6 N–H and O–H groups in total. The second-order valence-electron chi connectivity index (χ2n) is 12.8. The molecule has 0 saturated carbocycles. The summed E-state index contributed by atoms with van der Waals surface area (Å²) in [5.74, 6) is 0.472. The monoisotopic (exact) mass is 589 g/mol. The number of pyridine rings is 1. The SMILES string of the molecule is CCC(CC)Nc1cc(C(=O)NC2CC3CCC(C2)N3c2ccc(C(=O)N[C@@]3(C(C)C)CCNC3)cn2)ccc1C(N)=O. The molecule has 3 aliphatic heterocycles. The van der Waals surface area contributed by atoms with Crippen molar-refractivity contribution < 1.29 is 14.4 Å². The molecular formula is C33H47N7O3. The molecule has 2 unspecified atom stereocenters. The minimum absolute atomic E-state index is 0.0461. The van der Waals surface area contributed by atoms with E-state index in [4.69, 9.17) is 10.7 Å². The van der Waals surface area contributed by atoms with Crippen LogP contribution in [0.25, 0.3) is 0 Å². The van der Waals surface area contributed by atoms with Gasteiger partial charge in [0.05, 0.1) is 16.7 Å². The zero-order valence-electron chi connectivity index (χ0n) is 25.9. The van der Waals surface area contributed by atoms with Crippen molar-refractivity contribution in [3.8, 4) is 0 Å². The Bertz CT molecular complexity index is 1300. The summed E-state index contributed by atoms with van der Waals surface area (Å²) < 4.78 is 0. The Morgan fingerprint density at radius 1 is 1.05 bits per heavy atom. The molecule has 3 amide bonds. The Balaban J connectivity index is 1.22. The van der Waals surface area contributed by atoms with Crippen molar-refractivity contribution in [1.29, 1.82) is 0 Å². The molecule has 4 heterocycles. The average molecular weight is 590 g/mol. The first-order chi connectivity index (χ1) is 20.6. The van der Waals surface area contributed by atoms with Crippen molar-refractivity contribution in [3.05, 3.63) is 53.2 Å². The van der Waals surface area contributed by atoms with E-state index in [0.29, 0.717) is 28.3 Å². The maximum atomic E-state index is 13.3. The number of benzene rings is 1. The van der Waals surface area contributed by atoms with E-state index in [2.05, 4.69) is 53.9 Å². The highest BCUT2D eigenvalue weighted by Crippen LogP contribution is 2.39. The minimum atomic E-state index is -0.516. The average Bonchev–Trinajstić information content (AvgIpc) is 3.58. The van der Waals surface area contributed by atoms with Crippen LogP contribution in [0.5, 0.6) is 0 Å². The van der Waals surface area contributed by atoms with Crippen molar-refractivity contribution >= 4 is 29.2 Å². The fraction of sp³-hybridized carbons (Fsp3) is 0.576. The number of piperidine rings is 1. The van der Waals surface area contributed by atoms with Crippen molar-refractivity contribution in [3.63, 3.8) is 0 Å². The lowest BCUT2D eigenvalue weighted by Gasteiger charge is -2.40. The zero-order valence-corrected chi connectivity index (χ0v) is 25.9. The number of anilines is 2. The molecule has 2 bridgehead atoms. The Morgan fingerprint density at radius 3 is 2.30 bits per heavy atom. The van der Waals surface area contributed by atoms with E-state index in [1.54, 1.807) is 24.4 Å². The summed E-state index contributed by atoms with van der Waals surface area (Å²) in [5, 5.41) is 13.3. The molecule has 0 spiro atoms. The summed E-state index contributed by atoms with van der Waals surface area (Å²) in [6.07, 6.45) is 8.15. The standard InChI is InChI=1S/C33H47N7O3/c1-5-23(6-2)37-28-15-21(7-11-27(28)30(34)41)31(42)38-24-16-25-9-10-26(17-24)40(25)29-12-8-22(18-36-29)32(43)39-33(20(3)4)13-14-35-19-33/h7-8,11-12,15,18,20,23-26,35,37H,5-6,9-10,13-14,16-17,19H2,1-4H3,(H2,34,41)(H,38,42)(H,39,43)/t24?,25?,26?,33-/m0/s1. The van der Waals surface area contributed by atoms with Crippen LogP contribution in [0.3, 0.4) is 0 Å². The van der Waals surface area contributed by atoms with E-state index in [1.807, 2.05) is 12.1 Å². The molecule has 232 valence electrons. The van der Waals surface area contributed by atoms with Crippen LogP contribution in [0.1, 0.15) is 104 Å². The lowest BCUT2D eigenvalue weighted by Crippen LogP contribution is -2.54. The van der Waals surface area contributed by atoms with Gasteiger partial charge in [-0.3, -0.25) is 14.4 Å². The number of hydrogen-bond donors (Lipinski definition) is 5. The Hall–Kier alpha value is -3.66. The zero-order chi connectivity index (χ0) is 30.7. The molecule has 3 aliphatic rings. The fourth-order valence-electron chi connectivity index (χ4n) is 7.10. The molecule has 0 aliphatic carbocycles. The van der Waals surface area contributed by atoms with Gasteiger partial charge in [-0.25, -0.2) is 4.98 Å². The van der Waals surface area contributed by atoms with Crippen molar-refractivity contribution in [2.24, 2.45) is 11.7 Å².